The Labute approximate surface area is 108 Å². The van der Waals surface area contributed by atoms with Crippen LogP contribution in [0.2, 0.25) is 0 Å². The third-order valence-corrected chi connectivity index (χ3v) is 3.24. The number of nitrogens with zero attached hydrogens (tertiary/aromatic N) is 2. The fraction of sp³-hybridized carbons (Fsp3) is 0.267. The van der Waals surface area contributed by atoms with Gasteiger partial charge in [0.05, 0.1) is 7.11 Å². The zero-order chi connectivity index (χ0) is 13.1. The molecule has 0 spiro atoms. The fourth-order valence-electron chi connectivity index (χ4n) is 1.89. The maximum absolute atomic E-state index is 5.27. The van der Waals surface area contributed by atoms with Crippen molar-refractivity contribution < 1.29 is 4.74 Å². The van der Waals surface area contributed by atoms with E-state index in [1.807, 2.05) is 30.5 Å². The van der Waals surface area contributed by atoms with Gasteiger partial charge in [-0.15, -0.1) is 0 Å². The normalized spacial score (nSPS) is 11.1. The molecule has 0 amide bonds. The van der Waals surface area contributed by atoms with Gasteiger partial charge >= 0.3 is 0 Å². The van der Waals surface area contributed by atoms with Crippen LogP contribution >= 0.6 is 0 Å². The van der Waals surface area contributed by atoms with Gasteiger partial charge in [0.25, 0.3) is 0 Å². The lowest BCUT2D eigenvalue weighted by Crippen LogP contribution is -1.93. The van der Waals surface area contributed by atoms with Crippen LogP contribution < -0.4 is 4.74 Å². The van der Waals surface area contributed by atoms with E-state index >= 15 is 0 Å². The van der Waals surface area contributed by atoms with Crippen LogP contribution in [0.3, 0.4) is 0 Å². The van der Waals surface area contributed by atoms with E-state index in [-0.39, 0.29) is 0 Å². The Balaban J connectivity index is 2.33. The molecule has 1 aromatic carbocycles. The standard InChI is InChI=1S/C15H18N2O/c1-11-9-13(12(2)17(11)3)10-16-14-7-5-6-8-15(14)18-4/h5-10H,1-4H3. The van der Waals surface area contributed by atoms with E-state index in [1.165, 1.54) is 11.4 Å². The van der Waals surface area contributed by atoms with Gasteiger partial charge in [-0.3, -0.25) is 4.99 Å². The molecule has 0 aliphatic carbocycles. The molecule has 0 saturated carbocycles. The van der Waals surface area contributed by atoms with Crippen molar-refractivity contribution in [3.05, 3.63) is 47.3 Å². The van der Waals surface area contributed by atoms with Crippen molar-refractivity contribution in [2.45, 2.75) is 13.8 Å². The minimum absolute atomic E-state index is 0.791. The van der Waals surface area contributed by atoms with Gasteiger partial charge in [0.15, 0.2) is 0 Å². The van der Waals surface area contributed by atoms with E-state index in [4.69, 9.17) is 4.74 Å². The highest BCUT2D eigenvalue weighted by Gasteiger charge is 2.04. The van der Waals surface area contributed by atoms with Crippen molar-refractivity contribution in [2.24, 2.45) is 12.0 Å². The number of ether oxygens (including phenoxy) is 1. The Kier molecular flexibility index (Phi) is 3.51. The Bertz CT molecular complexity index is 582. The summed E-state index contributed by atoms with van der Waals surface area (Å²) in [6.45, 7) is 4.18. The first-order valence-corrected chi connectivity index (χ1v) is 5.93. The summed E-state index contributed by atoms with van der Waals surface area (Å²) in [4.78, 5) is 4.50. The molecule has 0 N–H and O–H groups in total. The van der Waals surface area contributed by atoms with Crippen molar-refractivity contribution in [3.8, 4) is 5.75 Å². The summed E-state index contributed by atoms with van der Waals surface area (Å²) in [5.41, 5.74) is 4.43. The number of benzene rings is 1. The lowest BCUT2D eigenvalue weighted by Gasteiger charge is -2.02. The van der Waals surface area contributed by atoms with Gasteiger partial charge < -0.3 is 9.30 Å². The summed E-state index contributed by atoms with van der Waals surface area (Å²) in [7, 11) is 3.72. The Hall–Kier alpha value is -2.03. The van der Waals surface area contributed by atoms with Gasteiger partial charge in [-0.25, -0.2) is 0 Å². The van der Waals surface area contributed by atoms with E-state index in [9.17, 15) is 0 Å². The average Bonchev–Trinajstić information content (AvgIpc) is 2.64. The lowest BCUT2D eigenvalue weighted by molar-refractivity contribution is 0.416. The molecule has 0 aliphatic heterocycles. The van der Waals surface area contributed by atoms with Gasteiger partial charge in [-0.05, 0) is 32.0 Å². The molecule has 2 aromatic rings. The topological polar surface area (TPSA) is 26.5 Å². The summed E-state index contributed by atoms with van der Waals surface area (Å²) in [6, 6.07) is 9.89. The number of methoxy groups -OCH3 is 1. The summed E-state index contributed by atoms with van der Waals surface area (Å²) < 4.78 is 7.43. The molecule has 0 saturated heterocycles. The second-order valence-corrected chi connectivity index (χ2v) is 4.32. The lowest BCUT2D eigenvalue weighted by atomic mass is 10.2. The smallest absolute Gasteiger partial charge is 0.144 e. The maximum atomic E-state index is 5.27. The molecule has 0 aliphatic rings. The molecule has 0 fully saturated rings. The Morgan fingerprint density at radius 2 is 1.94 bits per heavy atom. The quantitative estimate of drug-likeness (QED) is 0.758. The number of rotatable bonds is 3. The highest BCUT2D eigenvalue weighted by atomic mass is 16.5. The van der Waals surface area contributed by atoms with Crippen LogP contribution in [0.15, 0.2) is 35.3 Å². The highest BCUT2D eigenvalue weighted by molar-refractivity contribution is 5.84. The van der Waals surface area contributed by atoms with Gasteiger partial charge in [0.2, 0.25) is 0 Å². The number of aryl methyl sites for hydroxylation is 1. The molecule has 3 heteroatoms. The van der Waals surface area contributed by atoms with Crippen molar-refractivity contribution >= 4 is 11.9 Å². The molecule has 1 heterocycles. The van der Waals surface area contributed by atoms with E-state index in [0.29, 0.717) is 0 Å². The van der Waals surface area contributed by atoms with Crippen LogP contribution in [0, 0.1) is 13.8 Å². The zero-order valence-electron chi connectivity index (χ0n) is 11.3. The van der Waals surface area contributed by atoms with Gasteiger partial charge in [0, 0.05) is 30.2 Å². The fourth-order valence-corrected chi connectivity index (χ4v) is 1.89. The van der Waals surface area contributed by atoms with Crippen molar-refractivity contribution in [3.63, 3.8) is 0 Å². The molecule has 2 rings (SSSR count). The van der Waals surface area contributed by atoms with Gasteiger partial charge in [-0.2, -0.15) is 0 Å². The first-order valence-electron chi connectivity index (χ1n) is 5.93. The van der Waals surface area contributed by atoms with E-state index < -0.39 is 0 Å². The van der Waals surface area contributed by atoms with E-state index in [2.05, 4.69) is 36.5 Å². The molecule has 0 bridgehead atoms. The van der Waals surface area contributed by atoms with Crippen LogP contribution in [0.4, 0.5) is 5.69 Å². The molecule has 94 valence electrons. The number of aliphatic imine (C=N–C) groups is 1. The summed E-state index contributed by atoms with van der Waals surface area (Å²) >= 11 is 0. The number of para-hydroxylation sites is 2. The SMILES string of the molecule is COc1ccccc1N=Cc1cc(C)n(C)c1C. The number of aromatic nitrogens is 1. The van der Waals surface area contributed by atoms with Crippen LogP contribution in [0.5, 0.6) is 5.75 Å². The van der Waals surface area contributed by atoms with E-state index in [0.717, 1.165) is 17.0 Å². The van der Waals surface area contributed by atoms with Crippen LogP contribution in [0.1, 0.15) is 17.0 Å². The number of hydrogen-bond donors (Lipinski definition) is 0. The van der Waals surface area contributed by atoms with Gasteiger partial charge in [-0.1, -0.05) is 12.1 Å². The molecule has 18 heavy (non-hydrogen) atoms. The van der Waals surface area contributed by atoms with Crippen molar-refractivity contribution in [2.75, 3.05) is 7.11 Å². The zero-order valence-corrected chi connectivity index (χ0v) is 11.3. The summed E-state index contributed by atoms with van der Waals surface area (Å²) in [5.74, 6) is 0.791. The number of hydrogen-bond acceptors (Lipinski definition) is 2. The first-order chi connectivity index (χ1) is 8.63. The van der Waals surface area contributed by atoms with Crippen molar-refractivity contribution in [1.29, 1.82) is 0 Å². The summed E-state index contributed by atoms with van der Waals surface area (Å²) in [5, 5.41) is 0. The van der Waals surface area contributed by atoms with Gasteiger partial charge in [0.1, 0.15) is 11.4 Å². The molecule has 3 nitrogen and oxygen atoms in total. The third kappa shape index (κ3) is 2.30. The maximum Gasteiger partial charge on any atom is 0.144 e. The monoisotopic (exact) mass is 242 g/mol. The predicted molar refractivity (Wildman–Crippen MR) is 75.1 cm³/mol. The predicted octanol–water partition coefficient (Wildman–Crippen LogP) is 3.40. The second-order valence-electron chi connectivity index (χ2n) is 4.32. The van der Waals surface area contributed by atoms with Crippen LogP contribution in [-0.4, -0.2) is 17.9 Å². The molecular formula is C15H18N2O. The Morgan fingerprint density at radius 1 is 1.22 bits per heavy atom. The van der Waals surface area contributed by atoms with Crippen molar-refractivity contribution in [1.82, 2.24) is 4.57 Å². The molecular weight excluding hydrogens is 224 g/mol. The minimum atomic E-state index is 0.791. The second kappa shape index (κ2) is 5.08. The summed E-state index contributed by atoms with van der Waals surface area (Å²) in [6.07, 6.45) is 1.89. The minimum Gasteiger partial charge on any atom is -0.494 e. The highest BCUT2D eigenvalue weighted by Crippen LogP contribution is 2.26. The molecule has 0 radical (unpaired) electrons. The molecule has 0 atom stereocenters. The van der Waals surface area contributed by atoms with E-state index in [1.54, 1.807) is 7.11 Å². The largest absolute Gasteiger partial charge is 0.494 e. The van der Waals surface area contributed by atoms with Crippen LogP contribution in [0.25, 0.3) is 0 Å². The molecule has 0 unspecified atom stereocenters. The first kappa shape index (κ1) is 12.4. The van der Waals surface area contributed by atoms with Crippen LogP contribution in [-0.2, 0) is 7.05 Å². The average molecular weight is 242 g/mol. The third-order valence-electron chi connectivity index (χ3n) is 3.24. The Morgan fingerprint density at radius 3 is 2.56 bits per heavy atom. The molecule has 1 aromatic heterocycles.